The van der Waals surface area contributed by atoms with Crippen molar-refractivity contribution in [3.8, 4) is 0 Å². The van der Waals surface area contributed by atoms with E-state index in [9.17, 15) is 23.6 Å². The standard InChI is InChI=1S/C30H34FN5O4/c1-18(33-25(37)19-11-13-20(31)14-12-19)26(38)35(6)23(15-29(2,3)4)27(39)36-17-30(16-24(36)32-5)21-9-7-8-10-22(21)34-28(30)40/h7-14,18,23-24H,15-17H2,1-4,6H3,(H,33,37)(H,34,40)/t18-,23-,24-,30-/m0/s1. The zero-order valence-electron chi connectivity index (χ0n) is 23.3. The van der Waals surface area contributed by atoms with Crippen LogP contribution in [0, 0.1) is 17.8 Å². The van der Waals surface area contributed by atoms with E-state index in [0.717, 1.165) is 17.7 Å². The van der Waals surface area contributed by atoms with E-state index in [4.69, 9.17) is 6.57 Å². The van der Waals surface area contributed by atoms with Crippen molar-refractivity contribution < 1.29 is 23.6 Å². The van der Waals surface area contributed by atoms with Gasteiger partial charge in [-0.2, -0.15) is 0 Å². The molecule has 4 amide bonds. The molecule has 1 fully saturated rings. The number of hydrogen-bond acceptors (Lipinski definition) is 4. The van der Waals surface area contributed by atoms with Crippen molar-refractivity contribution in [1.29, 1.82) is 0 Å². The molecular weight excluding hydrogens is 513 g/mol. The number of nitrogens with zero attached hydrogens (tertiary/aromatic N) is 3. The van der Waals surface area contributed by atoms with Crippen LogP contribution in [0.25, 0.3) is 4.85 Å². The topological polar surface area (TPSA) is 103 Å². The summed E-state index contributed by atoms with van der Waals surface area (Å²) in [6.07, 6.45) is -0.412. The first-order valence-corrected chi connectivity index (χ1v) is 13.2. The number of likely N-dealkylation sites (N-methyl/N-ethyl adjacent to an activating group) is 1. The molecular formula is C30H34FN5O4. The Kier molecular flexibility index (Phi) is 7.70. The average molecular weight is 548 g/mol. The molecule has 210 valence electrons. The maximum absolute atomic E-state index is 14.1. The van der Waals surface area contributed by atoms with Crippen LogP contribution in [0.1, 0.15) is 56.5 Å². The van der Waals surface area contributed by atoms with Crippen LogP contribution >= 0.6 is 0 Å². The van der Waals surface area contributed by atoms with Gasteiger partial charge < -0.3 is 15.5 Å². The third-order valence-electron chi connectivity index (χ3n) is 7.62. The van der Waals surface area contributed by atoms with Crippen molar-refractivity contribution in [3.05, 3.63) is 76.9 Å². The van der Waals surface area contributed by atoms with E-state index in [1.165, 1.54) is 35.9 Å². The minimum Gasteiger partial charge on any atom is -0.341 e. The predicted octanol–water partition coefficient (Wildman–Crippen LogP) is 3.57. The summed E-state index contributed by atoms with van der Waals surface area (Å²) in [5, 5.41) is 5.51. The van der Waals surface area contributed by atoms with Crippen molar-refractivity contribution in [2.24, 2.45) is 5.41 Å². The molecule has 0 aliphatic carbocycles. The molecule has 0 saturated carbocycles. The number of hydrogen-bond donors (Lipinski definition) is 2. The van der Waals surface area contributed by atoms with Crippen LogP contribution in [0.15, 0.2) is 48.5 Å². The molecule has 4 rings (SSSR count). The highest BCUT2D eigenvalue weighted by atomic mass is 19.1. The van der Waals surface area contributed by atoms with Gasteiger partial charge in [0.1, 0.15) is 23.3 Å². The first-order valence-electron chi connectivity index (χ1n) is 13.2. The van der Waals surface area contributed by atoms with Crippen molar-refractivity contribution >= 4 is 29.3 Å². The number of benzene rings is 2. The van der Waals surface area contributed by atoms with Crippen LogP contribution in [0.5, 0.6) is 0 Å². The minimum atomic E-state index is -1.03. The molecule has 0 bridgehead atoms. The lowest BCUT2D eigenvalue weighted by atomic mass is 9.80. The van der Waals surface area contributed by atoms with E-state index in [1.54, 1.807) is 6.07 Å². The third-order valence-corrected chi connectivity index (χ3v) is 7.62. The molecule has 2 N–H and O–H groups in total. The van der Waals surface area contributed by atoms with E-state index < -0.39 is 47.2 Å². The quantitative estimate of drug-likeness (QED) is 0.540. The van der Waals surface area contributed by atoms with Crippen LogP contribution in [0.4, 0.5) is 10.1 Å². The third kappa shape index (κ3) is 5.41. The smallest absolute Gasteiger partial charge is 0.302 e. The van der Waals surface area contributed by atoms with Crippen LogP contribution in [0.2, 0.25) is 0 Å². The first kappa shape index (κ1) is 28.7. The summed E-state index contributed by atoms with van der Waals surface area (Å²) in [6, 6.07) is 10.3. The molecule has 1 saturated heterocycles. The Morgan fingerprint density at radius 3 is 2.48 bits per heavy atom. The Hall–Kier alpha value is -4.26. The number of carbonyl (C=O) groups excluding carboxylic acids is 4. The first-order chi connectivity index (χ1) is 18.8. The summed E-state index contributed by atoms with van der Waals surface area (Å²) in [6.45, 7) is 15.2. The van der Waals surface area contributed by atoms with Crippen molar-refractivity contribution in [2.45, 2.75) is 64.2 Å². The average Bonchev–Trinajstić information content (AvgIpc) is 3.43. The summed E-state index contributed by atoms with van der Waals surface area (Å²) in [5.41, 5.74) is 0.237. The molecule has 4 atom stereocenters. The number of nitrogens with one attached hydrogen (secondary N) is 2. The lowest BCUT2D eigenvalue weighted by molar-refractivity contribution is -0.146. The zero-order valence-corrected chi connectivity index (χ0v) is 23.3. The molecule has 2 aliphatic heterocycles. The van der Waals surface area contributed by atoms with E-state index in [2.05, 4.69) is 15.5 Å². The van der Waals surface area contributed by atoms with Crippen molar-refractivity contribution in [3.63, 3.8) is 0 Å². The second-order valence-corrected chi connectivity index (χ2v) is 11.8. The van der Waals surface area contributed by atoms with Gasteiger partial charge in [0.2, 0.25) is 11.8 Å². The zero-order chi connectivity index (χ0) is 29.4. The van der Waals surface area contributed by atoms with E-state index in [1.807, 2.05) is 39.0 Å². The number of para-hydroxylation sites is 1. The Morgan fingerprint density at radius 1 is 1.20 bits per heavy atom. The van der Waals surface area contributed by atoms with Gasteiger partial charge in [0.05, 0.1) is 6.42 Å². The van der Waals surface area contributed by atoms with Gasteiger partial charge >= 0.3 is 6.17 Å². The molecule has 2 aromatic carbocycles. The largest absolute Gasteiger partial charge is 0.341 e. The van der Waals surface area contributed by atoms with Gasteiger partial charge in [-0.25, -0.2) is 11.0 Å². The van der Waals surface area contributed by atoms with Crippen LogP contribution < -0.4 is 10.6 Å². The maximum Gasteiger partial charge on any atom is 0.302 e. The Labute approximate surface area is 233 Å². The van der Waals surface area contributed by atoms with Crippen LogP contribution in [-0.4, -0.2) is 65.3 Å². The molecule has 2 aliphatic rings. The highest BCUT2D eigenvalue weighted by molar-refractivity contribution is 6.07. The second-order valence-electron chi connectivity index (χ2n) is 11.8. The predicted molar refractivity (Wildman–Crippen MR) is 147 cm³/mol. The van der Waals surface area contributed by atoms with Gasteiger partial charge in [0.25, 0.3) is 11.8 Å². The van der Waals surface area contributed by atoms with Gasteiger partial charge in [-0.1, -0.05) is 39.0 Å². The molecule has 2 heterocycles. The number of anilines is 1. The molecule has 0 radical (unpaired) electrons. The molecule has 40 heavy (non-hydrogen) atoms. The highest BCUT2D eigenvalue weighted by Crippen LogP contribution is 2.47. The van der Waals surface area contributed by atoms with Crippen LogP contribution in [0.3, 0.4) is 0 Å². The number of fused-ring (bicyclic) bond motifs is 2. The van der Waals surface area contributed by atoms with Gasteiger partial charge in [0.15, 0.2) is 0 Å². The summed E-state index contributed by atoms with van der Waals surface area (Å²) >= 11 is 0. The minimum absolute atomic E-state index is 0.0290. The molecule has 2 aromatic rings. The molecule has 9 nitrogen and oxygen atoms in total. The maximum atomic E-state index is 14.1. The Balaban J connectivity index is 1.58. The summed E-state index contributed by atoms with van der Waals surface area (Å²) in [5.74, 6) is -2.18. The second kappa shape index (κ2) is 10.7. The van der Waals surface area contributed by atoms with Crippen molar-refractivity contribution in [2.75, 3.05) is 18.9 Å². The summed E-state index contributed by atoms with van der Waals surface area (Å²) in [4.78, 5) is 59.9. The number of rotatable bonds is 6. The highest BCUT2D eigenvalue weighted by Gasteiger charge is 2.59. The van der Waals surface area contributed by atoms with E-state index in [0.29, 0.717) is 12.1 Å². The van der Waals surface area contributed by atoms with Gasteiger partial charge in [-0.05, 0) is 54.7 Å². The Bertz CT molecular complexity index is 1380. The monoisotopic (exact) mass is 547 g/mol. The Morgan fingerprint density at radius 2 is 1.85 bits per heavy atom. The fourth-order valence-corrected chi connectivity index (χ4v) is 5.52. The molecule has 0 unspecified atom stereocenters. The molecule has 1 spiro atoms. The lowest BCUT2D eigenvalue weighted by Gasteiger charge is -2.36. The van der Waals surface area contributed by atoms with Gasteiger partial charge in [-0.15, -0.1) is 0 Å². The van der Waals surface area contributed by atoms with Gasteiger partial charge in [-0.3, -0.25) is 28.9 Å². The fourth-order valence-electron chi connectivity index (χ4n) is 5.52. The summed E-state index contributed by atoms with van der Waals surface area (Å²) < 4.78 is 13.3. The van der Waals surface area contributed by atoms with Gasteiger partial charge in [0, 0.05) is 24.8 Å². The van der Waals surface area contributed by atoms with E-state index >= 15 is 0 Å². The number of carbonyl (C=O) groups is 4. The number of likely N-dealkylation sites (tertiary alicyclic amines) is 1. The molecule has 0 aromatic heterocycles. The normalized spacial score (nSPS) is 21.3. The lowest BCUT2D eigenvalue weighted by Crippen LogP contribution is -2.56. The van der Waals surface area contributed by atoms with E-state index in [-0.39, 0.29) is 29.9 Å². The molecule has 10 heteroatoms. The fraction of sp³-hybridized carbons (Fsp3) is 0.433. The van der Waals surface area contributed by atoms with Crippen LogP contribution in [-0.2, 0) is 19.8 Å². The summed E-state index contributed by atoms with van der Waals surface area (Å²) in [7, 11) is 1.51. The number of halogens is 1. The van der Waals surface area contributed by atoms with Crippen molar-refractivity contribution in [1.82, 2.24) is 15.1 Å². The SMILES string of the molecule is [C-]#[N+][C@@H]1C[C@@]2(CN1C(=O)[C@H](CC(C)(C)C)N(C)C(=O)[C@H](C)NC(=O)c1ccc(F)cc1)C(=O)Nc1ccccc12. The number of amides is 4.